The molecule has 6 rings (SSSR count). The summed E-state index contributed by atoms with van der Waals surface area (Å²) >= 11 is 6.10. The molecule has 3 heterocycles. The number of pyridine rings is 1. The molecule has 0 saturated carbocycles. The van der Waals surface area contributed by atoms with E-state index in [1.54, 1.807) is 0 Å². The smallest absolute Gasteiger partial charge is 0.412 e. The highest BCUT2D eigenvalue weighted by molar-refractivity contribution is 6.31. The highest BCUT2D eigenvalue weighted by atomic mass is 35.5. The number of carbonyl (C=O) groups excluding carboxylic acids is 4. The van der Waals surface area contributed by atoms with Crippen molar-refractivity contribution in [3.05, 3.63) is 105 Å². The monoisotopic (exact) mass is 646 g/mol. The highest BCUT2D eigenvalue weighted by Gasteiger charge is 2.49. The van der Waals surface area contributed by atoms with Gasteiger partial charge in [-0.3, -0.25) is 24.5 Å². The maximum Gasteiger partial charge on any atom is 0.412 e. The second kappa shape index (κ2) is 12.3. The van der Waals surface area contributed by atoms with Crippen molar-refractivity contribution < 1.29 is 33.0 Å². The van der Waals surface area contributed by atoms with Crippen molar-refractivity contribution >= 4 is 52.1 Å². The van der Waals surface area contributed by atoms with Gasteiger partial charge in [0.1, 0.15) is 11.8 Å². The van der Waals surface area contributed by atoms with Gasteiger partial charge in [-0.15, -0.1) is 0 Å². The van der Waals surface area contributed by atoms with Crippen LogP contribution in [-0.4, -0.2) is 52.9 Å². The molecule has 1 spiro atoms. The number of likely N-dealkylation sites (tertiary alicyclic amines) is 1. The zero-order valence-electron chi connectivity index (χ0n) is 24.5. The van der Waals surface area contributed by atoms with Crippen LogP contribution in [0.3, 0.4) is 0 Å². The molecule has 1 fully saturated rings. The first-order valence-electron chi connectivity index (χ1n) is 14.5. The lowest BCUT2D eigenvalue weighted by Gasteiger charge is -2.45. The summed E-state index contributed by atoms with van der Waals surface area (Å²) in [5.74, 6) is -2.45. The minimum Gasteiger partial charge on any atom is -0.436 e. The highest BCUT2D eigenvalue weighted by Crippen LogP contribution is 2.45. The molecule has 3 aromatic carbocycles. The fourth-order valence-electron chi connectivity index (χ4n) is 6.08. The number of fused-ring (bicyclic) bond motifs is 3. The Morgan fingerprint density at radius 3 is 2.65 bits per heavy atom. The first-order valence-corrected chi connectivity index (χ1v) is 14.9. The average molecular weight is 647 g/mol. The number of aromatic amines is 1. The van der Waals surface area contributed by atoms with Crippen LogP contribution in [0.25, 0.3) is 10.9 Å². The minimum absolute atomic E-state index is 0.0134. The lowest BCUT2D eigenvalue weighted by molar-refractivity contribution is -0.141. The number of aromatic nitrogens is 1. The van der Waals surface area contributed by atoms with Crippen LogP contribution in [0.15, 0.2) is 71.5 Å². The largest absolute Gasteiger partial charge is 0.436 e. The topological polar surface area (TPSA) is 147 Å². The van der Waals surface area contributed by atoms with Crippen molar-refractivity contribution in [3.8, 4) is 5.75 Å². The summed E-state index contributed by atoms with van der Waals surface area (Å²) in [6.45, 7) is 1.32. The Morgan fingerprint density at radius 1 is 1.11 bits per heavy atom. The second-order valence-corrected chi connectivity index (χ2v) is 11.6. The molecule has 0 aliphatic carbocycles. The third kappa shape index (κ3) is 6.03. The number of hydrogen-bond acceptors (Lipinski definition) is 7. The van der Waals surface area contributed by atoms with Crippen molar-refractivity contribution in [2.75, 3.05) is 18.4 Å². The van der Waals surface area contributed by atoms with Crippen molar-refractivity contribution in [1.29, 1.82) is 0 Å². The molecule has 0 bridgehead atoms. The van der Waals surface area contributed by atoms with Crippen LogP contribution in [0.4, 0.5) is 14.9 Å². The van der Waals surface area contributed by atoms with E-state index in [0.717, 1.165) is 11.6 Å². The predicted molar refractivity (Wildman–Crippen MR) is 166 cm³/mol. The molecular weight excluding hydrogens is 619 g/mol. The number of piperidine rings is 1. The molecule has 236 valence electrons. The minimum atomic E-state index is -1.48. The van der Waals surface area contributed by atoms with E-state index in [9.17, 15) is 24.0 Å². The summed E-state index contributed by atoms with van der Waals surface area (Å²) in [5.41, 5.74) is -0.419. The van der Waals surface area contributed by atoms with Crippen LogP contribution in [0.5, 0.6) is 5.75 Å². The van der Waals surface area contributed by atoms with Gasteiger partial charge >= 0.3 is 12.1 Å². The van der Waals surface area contributed by atoms with E-state index in [-0.39, 0.29) is 53.5 Å². The number of H-pyrrole nitrogens is 1. The van der Waals surface area contributed by atoms with Gasteiger partial charge in [-0.1, -0.05) is 41.9 Å². The van der Waals surface area contributed by atoms with Crippen molar-refractivity contribution in [3.63, 3.8) is 0 Å². The Labute approximate surface area is 266 Å². The first kappa shape index (κ1) is 30.8. The lowest BCUT2D eigenvalue weighted by Crippen LogP contribution is -2.57. The number of nitrogens with zero attached hydrogens (tertiary/aromatic N) is 1. The standard InChI is InChI=1S/C33H28ClFN4O7/c1-18(40)45-26-16-27(41)36-23-10-8-20(15-21(23)26)30(42)37-25(14-19-6-3-2-4-7-19)31(43)39-13-5-12-33(17-39)28-24(38-32(44)46-33)11-9-22(34)29(28)35/h2-4,6-11,15-16,25H,5,12-14,17H2,1H3,(H,36,41)(H,37,42)(H,38,44)/t25-,33-/m0/s1. The van der Waals surface area contributed by atoms with Gasteiger partial charge in [-0.05, 0) is 48.7 Å². The summed E-state index contributed by atoms with van der Waals surface area (Å²) in [4.78, 5) is 68.2. The van der Waals surface area contributed by atoms with Gasteiger partial charge in [-0.2, -0.15) is 0 Å². The predicted octanol–water partition coefficient (Wildman–Crippen LogP) is 4.67. The summed E-state index contributed by atoms with van der Waals surface area (Å²) in [6, 6.07) is 16.4. The average Bonchev–Trinajstić information content (AvgIpc) is 3.02. The van der Waals surface area contributed by atoms with Crippen LogP contribution in [0.2, 0.25) is 5.02 Å². The second-order valence-electron chi connectivity index (χ2n) is 11.2. The lowest BCUT2D eigenvalue weighted by atomic mass is 9.82. The van der Waals surface area contributed by atoms with Crippen LogP contribution in [0, 0.1) is 5.82 Å². The van der Waals surface area contributed by atoms with Crippen LogP contribution >= 0.6 is 11.6 Å². The van der Waals surface area contributed by atoms with E-state index in [1.807, 2.05) is 30.3 Å². The van der Waals surface area contributed by atoms with E-state index in [0.29, 0.717) is 17.3 Å². The number of nitrogens with one attached hydrogen (secondary N) is 3. The zero-order valence-corrected chi connectivity index (χ0v) is 25.3. The number of ether oxygens (including phenoxy) is 2. The molecule has 46 heavy (non-hydrogen) atoms. The molecule has 2 aliphatic heterocycles. The Bertz CT molecular complexity index is 1950. The zero-order chi connectivity index (χ0) is 32.6. The van der Waals surface area contributed by atoms with Gasteiger partial charge in [0, 0.05) is 36.9 Å². The van der Waals surface area contributed by atoms with Crippen LogP contribution in [-0.2, 0) is 26.3 Å². The quantitative estimate of drug-likeness (QED) is 0.258. The molecule has 0 unspecified atom stereocenters. The Hall–Kier alpha value is -5.23. The molecular formula is C33H28ClFN4O7. The van der Waals surface area contributed by atoms with Gasteiger partial charge in [0.15, 0.2) is 11.4 Å². The molecule has 2 aliphatic rings. The number of carbonyl (C=O) groups is 4. The summed E-state index contributed by atoms with van der Waals surface area (Å²) < 4.78 is 26.3. The first-order chi connectivity index (χ1) is 22.0. The van der Waals surface area contributed by atoms with Crippen LogP contribution < -0.4 is 20.9 Å². The maximum absolute atomic E-state index is 15.4. The van der Waals surface area contributed by atoms with E-state index in [1.165, 1.54) is 42.2 Å². The number of anilines is 1. The summed E-state index contributed by atoms with van der Waals surface area (Å²) in [7, 11) is 0. The van der Waals surface area contributed by atoms with Gasteiger partial charge in [0.05, 0.1) is 28.3 Å². The van der Waals surface area contributed by atoms with Gasteiger partial charge in [0.25, 0.3) is 11.5 Å². The Morgan fingerprint density at radius 2 is 1.89 bits per heavy atom. The number of hydrogen-bond donors (Lipinski definition) is 3. The van der Waals surface area contributed by atoms with Crippen molar-refractivity contribution in [2.45, 2.75) is 37.8 Å². The number of benzene rings is 3. The molecule has 3 amide bonds. The molecule has 3 N–H and O–H groups in total. The fourth-order valence-corrected chi connectivity index (χ4v) is 6.23. The number of esters is 1. The van der Waals surface area contributed by atoms with Gasteiger partial charge in [-0.25, -0.2) is 9.18 Å². The van der Waals surface area contributed by atoms with Gasteiger partial charge < -0.3 is 24.7 Å². The van der Waals surface area contributed by atoms with Crippen molar-refractivity contribution in [1.82, 2.24) is 15.2 Å². The molecule has 1 saturated heterocycles. The van der Waals surface area contributed by atoms with E-state index in [2.05, 4.69) is 15.6 Å². The molecule has 13 heteroatoms. The van der Waals surface area contributed by atoms with E-state index < -0.39 is 46.9 Å². The molecule has 0 radical (unpaired) electrons. The van der Waals surface area contributed by atoms with E-state index >= 15 is 4.39 Å². The number of halogens is 2. The number of rotatable bonds is 6. The van der Waals surface area contributed by atoms with Crippen LogP contribution in [0.1, 0.15) is 41.3 Å². The van der Waals surface area contributed by atoms with Gasteiger partial charge in [0.2, 0.25) is 5.91 Å². The third-order valence-corrected chi connectivity index (χ3v) is 8.34. The Kier molecular flexibility index (Phi) is 8.22. The van der Waals surface area contributed by atoms with E-state index in [4.69, 9.17) is 21.1 Å². The Balaban J connectivity index is 1.32. The fraction of sp³-hybridized carbons (Fsp3) is 0.242. The van der Waals surface area contributed by atoms with Crippen molar-refractivity contribution in [2.24, 2.45) is 0 Å². The SMILES string of the molecule is CC(=O)Oc1cc(=O)[nH]c2ccc(C(=O)N[C@@H](Cc3ccccc3)C(=O)N3CCC[C@@]4(C3)OC(=O)Nc3ccc(Cl)c(F)c34)cc12. The number of amides is 3. The molecule has 4 aromatic rings. The molecule has 1 aromatic heterocycles. The molecule has 11 nitrogen and oxygen atoms in total. The molecule has 2 atom stereocenters. The summed E-state index contributed by atoms with van der Waals surface area (Å²) in [5, 5.41) is 5.51. The third-order valence-electron chi connectivity index (χ3n) is 8.05. The maximum atomic E-state index is 15.4. The normalized spacial score (nSPS) is 17.9. The summed E-state index contributed by atoms with van der Waals surface area (Å²) in [6.07, 6.45) is 0.00206.